The van der Waals surface area contributed by atoms with Gasteiger partial charge in [0.25, 0.3) is 0 Å². The first kappa shape index (κ1) is 29.6. The van der Waals surface area contributed by atoms with Crippen molar-refractivity contribution in [2.45, 2.75) is 37.8 Å². The Labute approximate surface area is 231 Å². The van der Waals surface area contributed by atoms with Crippen LogP contribution in [0.15, 0.2) is 78.4 Å². The summed E-state index contributed by atoms with van der Waals surface area (Å²) in [6.45, 7) is 13.2. The average Bonchev–Trinajstić information content (AvgIpc) is 3.43. The van der Waals surface area contributed by atoms with Gasteiger partial charge >= 0.3 is 0 Å². The fourth-order valence-corrected chi connectivity index (χ4v) is 5.79. The summed E-state index contributed by atoms with van der Waals surface area (Å²) in [4.78, 5) is 18.6. The topological polar surface area (TPSA) is 77.1 Å². The molecule has 3 N–H and O–H groups in total. The maximum Gasteiger partial charge on any atom is 0.238 e. The summed E-state index contributed by atoms with van der Waals surface area (Å²) in [5, 5.41) is 18.3. The van der Waals surface area contributed by atoms with Gasteiger partial charge < -0.3 is 20.5 Å². The molecule has 0 aliphatic carbocycles. The van der Waals surface area contributed by atoms with E-state index >= 15 is 0 Å². The quantitative estimate of drug-likeness (QED) is 0.170. The Kier molecular flexibility index (Phi) is 11.2. The number of hydrogen-bond donors (Lipinski definition) is 3. The van der Waals surface area contributed by atoms with Gasteiger partial charge in [-0.15, -0.1) is 11.3 Å². The van der Waals surface area contributed by atoms with Crippen molar-refractivity contribution in [1.82, 2.24) is 15.1 Å². The highest BCUT2D eigenvalue weighted by molar-refractivity contribution is 7.10. The van der Waals surface area contributed by atoms with Crippen LogP contribution in [0, 0.1) is 0 Å². The molecule has 1 fully saturated rings. The molecule has 2 heterocycles. The van der Waals surface area contributed by atoms with Gasteiger partial charge in [-0.05, 0) is 75.3 Å². The van der Waals surface area contributed by atoms with Crippen LogP contribution in [0.3, 0.4) is 0 Å². The van der Waals surface area contributed by atoms with Crippen molar-refractivity contribution >= 4 is 22.9 Å². The van der Waals surface area contributed by atoms with Crippen molar-refractivity contribution in [3.8, 4) is 5.75 Å². The van der Waals surface area contributed by atoms with Crippen LogP contribution in [0.5, 0.6) is 5.75 Å². The lowest BCUT2D eigenvalue weighted by Crippen LogP contribution is -2.54. The highest BCUT2D eigenvalue weighted by atomic mass is 32.1. The molecule has 0 radical (unpaired) electrons. The van der Waals surface area contributed by atoms with Crippen molar-refractivity contribution in [2.24, 2.45) is 0 Å². The first-order valence-corrected chi connectivity index (χ1v) is 14.1. The summed E-state index contributed by atoms with van der Waals surface area (Å²) in [5.41, 5.74) is 1.37. The monoisotopic (exact) mass is 538 g/mol. The molecule has 1 saturated heterocycles. The van der Waals surface area contributed by atoms with Gasteiger partial charge in [-0.1, -0.05) is 44.4 Å². The number of likely N-dealkylation sites (tertiary alicyclic amines) is 1. The SMILES string of the molecule is C=C/C(=C\C(=C)O)C1(N(C)C)CCN(CC(=O)Nc2ccccc2O[C@H](CCNCC)c2cccs2)CC1. The van der Waals surface area contributed by atoms with Crippen LogP contribution in [0.25, 0.3) is 0 Å². The number of para-hydroxylation sites is 2. The zero-order valence-electron chi connectivity index (χ0n) is 22.9. The van der Waals surface area contributed by atoms with E-state index in [0.717, 1.165) is 51.0 Å². The lowest BCUT2D eigenvalue weighted by atomic mass is 9.79. The van der Waals surface area contributed by atoms with Crippen molar-refractivity contribution < 1.29 is 14.6 Å². The first-order valence-electron chi connectivity index (χ1n) is 13.2. The molecule has 0 unspecified atom stereocenters. The Balaban J connectivity index is 1.64. The van der Waals surface area contributed by atoms with Gasteiger partial charge in [-0.2, -0.15) is 0 Å². The van der Waals surface area contributed by atoms with E-state index in [0.29, 0.717) is 18.0 Å². The van der Waals surface area contributed by atoms with Crippen LogP contribution in [0.1, 0.15) is 37.2 Å². The van der Waals surface area contributed by atoms with Gasteiger partial charge in [0.2, 0.25) is 5.91 Å². The van der Waals surface area contributed by atoms with Crippen LogP contribution >= 0.6 is 11.3 Å². The molecule has 1 amide bonds. The van der Waals surface area contributed by atoms with Crippen LogP contribution < -0.4 is 15.4 Å². The zero-order chi connectivity index (χ0) is 27.5. The van der Waals surface area contributed by atoms with E-state index in [-0.39, 0.29) is 23.3 Å². The molecule has 1 aliphatic rings. The van der Waals surface area contributed by atoms with Crippen molar-refractivity contribution in [2.75, 3.05) is 52.1 Å². The largest absolute Gasteiger partial charge is 0.509 e. The number of piperidine rings is 1. The van der Waals surface area contributed by atoms with Crippen LogP contribution in [-0.4, -0.2) is 73.2 Å². The molecular formula is C30H42N4O3S. The molecule has 1 aliphatic heterocycles. The van der Waals surface area contributed by atoms with E-state index in [9.17, 15) is 9.90 Å². The number of aliphatic hydroxyl groups excluding tert-OH is 1. The standard InChI is InChI=1S/C30H42N4O3S/c1-6-24(21-23(3)35)30(33(4)5)15-18-34(19-16-30)22-29(36)32-25-11-8-9-12-26(25)37-27(14-17-31-7-2)28-13-10-20-38-28/h6,8-13,20-21,27,31,35H,1,3,7,14-19,22H2,2,4-5H3,(H,32,36)/b24-21+/t27-/m1/s1. The normalized spacial score (nSPS) is 16.7. The maximum absolute atomic E-state index is 13.1. The summed E-state index contributed by atoms with van der Waals surface area (Å²) < 4.78 is 6.44. The average molecular weight is 539 g/mol. The second-order valence-corrected chi connectivity index (χ2v) is 10.8. The van der Waals surface area contributed by atoms with Gasteiger partial charge in [0.05, 0.1) is 12.2 Å². The number of carbonyl (C=O) groups is 1. The number of allylic oxidation sites excluding steroid dienone is 1. The molecule has 0 bridgehead atoms. The Bertz CT molecular complexity index is 1090. The minimum atomic E-state index is -0.260. The lowest BCUT2D eigenvalue weighted by molar-refractivity contribution is -0.117. The number of aliphatic hydroxyl groups is 1. The molecule has 7 nitrogen and oxygen atoms in total. The number of benzene rings is 1. The Hall–Kier alpha value is -2.91. The maximum atomic E-state index is 13.1. The number of likely N-dealkylation sites (N-methyl/N-ethyl adjacent to an activating group) is 1. The Morgan fingerprint density at radius 1 is 1.26 bits per heavy atom. The summed E-state index contributed by atoms with van der Waals surface area (Å²) in [6.07, 6.45) is 5.86. The number of anilines is 1. The fourth-order valence-electron chi connectivity index (χ4n) is 5.00. The second kappa shape index (κ2) is 14.3. The van der Waals surface area contributed by atoms with E-state index in [2.05, 4.69) is 52.0 Å². The Morgan fingerprint density at radius 2 is 2.00 bits per heavy atom. The van der Waals surface area contributed by atoms with Gasteiger partial charge in [-0.25, -0.2) is 0 Å². The predicted molar refractivity (Wildman–Crippen MR) is 158 cm³/mol. The molecule has 38 heavy (non-hydrogen) atoms. The summed E-state index contributed by atoms with van der Waals surface area (Å²) >= 11 is 1.68. The van der Waals surface area contributed by atoms with E-state index in [1.54, 1.807) is 23.5 Å². The van der Waals surface area contributed by atoms with E-state index < -0.39 is 0 Å². The highest BCUT2D eigenvalue weighted by Crippen LogP contribution is 2.36. The Morgan fingerprint density at radius 3 is 2.61 bits per heavy atom. The molecule has 3 rings (SSSR count). The number of nitrogens with zero attached hydrogens (tertiary/aromatic N) is 2. The number of nitrogens with one attached hydrogen (secondary N) is 2. The third kappa shape index (κ3) is 7.80. The van der Waals surface area contributed by atoms with Crippen LogP contribution in [0.2, 0.25) is 0 Å². The summed E-state index contributed by atoms with van der Waals surface area (Å²) in [5.74, 6) is 0.625. The lowest BCUT2D eigenvalue weighted by Gasteiger charge is -2.47. The van der Waals surface area contributed by atoms with E-state index in [4.69, 9.17) is 4.74 Å². The number of carbonyl (C=O) groups excluding carboxylic acids is 1. The second-order valence-electron chi connectivity index (χ2n) is 9.81. The molecular weight excluding hydrogens is 496 g/mol. The third-order valence-corrected chi connectivity index (χ3v) is 8.07. The number of hydrogen-bond acceptors (Lipinski definition) is 7. The van der Waals surface area contributed by atoms with Gasteiger partial charge in [0.1, 0.15) is 17.6 Å². The van der Waals surface area contributed by atoms with Crippen molar-refractivity contribution in [3.63, 3.8) is 0 Å². The van der Waals surface area contributed by atoms with Crippen LogP contribution in [0.4, 0.5) is 5.69 Å². The molecule has 8 heteroatoms. The zero-order valence-corrected chi connectivity index (χ0v) is 23.7. The third-order valence-electron chi connectivity index (χ3n) is 7.11. The molecule has 1 aromatic heterocycles. The summed E-state index contributed by atoms with van der Waals surface area (Å²) in [7, 11) is 4.08. The number of amides is 1. The molecule has 1 aromatic carbocycles. The minimum absolute atomic E-state index is 0.0201. The van der Waals surface area contributed by atoms with Crippen molar-refractivity contribution in [1.29, 1.82) is 0 Å². The van der Waals surface area contributed by atoms with E-state index in [1.165, 1.54) is 4.88 Å². The van der Waals surface area contributed by atoms with E-state index in [1.807, 2.05) is 44.4 Å². The number of ether oxygens (including phenoxy) is 1. The predicted octanol–water partition coefficient (Wildman–Crippen LogP) is 5.39. The van der Waals surface area contributed by atoms with Gasteiger partial charge in [-0.3, -0.25) is 14.6 Å². The molecule has 0 spiro atoms. The van der Waals surface area contributed by atoms with Crippen LogP contribution in [-0.2, 0) is 4.79 Å². The summed E-state index contributed by atoms with van der Waals surface area (Å²) in [6, 6.07) is 11.8. The first-order chi connectivity index (χ1) is 18.3. The highest BCUT2D eigenvalue weighted by Gasteiger charge is 2.39. The number of thiophene rings is 1. The van der Waals surface area contributed by atoms with Crippen molar-refractivity contribution in [3.05, 3.63) is 83.3 Å². The van der Waals surface area contributed by atoms with Gasteiger partial charge in [0, 0.05) is 29.9 Å². The molecule has 0 saturated carbocycles. The fraction of sp³-hybridized carbons (Fsp3) is 0.433. The van der Waals surface area contributed by atoms with Gasteiger partial charge in [0.15, 0.2) is 0 Å². The number of rotatable bonds is 14. The molecule has 2 aromatic rings. The minimum Gasteiger partial charge on any atom is -0.509 e. The molecule has 206 valence electrons. The smallest absolute Gasteiger partial charge is 0.238 e. The molecule has 1 atom stereocenters.